The summed E-state index contributed by atoms with van der Waals surface area (Å²) in [6, 6.07) is 11.7. The van der Waals surface area contributed by atoms with Gasteiger partial charge >= 0.3 is 5.91 Å². The first-order chi connectivity index (χ1) is 14.3. The minimum atomic E-state index is -1.11. The van der Waals surface area contributed by atoms with Crippen LogP contribution in [0.5, 0.6) is 0 Å². The van der Waals surface area contributed by atoms with Gasteiger partial charge in [-0.05, 0) is 26.8 Å². The van der Waals surface area contributed by atoms with Crippen LogP contribution in [0.25, 0.3) is 5.76 Å². The zero-order valence-electron chi connectivity index (χ0n) is 16.6. The summed E-state index contributed by atoms with van der Waals surface area (Å²) in [5.41, 5.74) is 2.05. The van der Waals surface area contributed by atoms with E-state index in [2.05, 4.69) is 4.98 Å². The van der Waals surface area contributed by atoms with Gasteiger partial charge < -0.3 is 5.11 Å². The topological polar surface area (TPSA) is 70.5 Å². The van der Waals surface area contributed by atoms with Gasteiger partial charge in [0.05, 0.1) is 11.3 Å². The molecule has 0 saturated carbocycles. The second-order valence-corrected chi connectivity index (χ2v) is 8.38. The number of rotatable bonds is 3. The van der Waals surface area contributed by atoms with Crippen LogP contribution in [0.15, 0.2) is 54.1 Å². The number of carbonyl (C=O) groups is 2. The molecule has 0 bridgehead atoms. The third-order valence-corrected chi connectivity index (χ3v) is 6.26. The van der Waals surface area contributed by atoms with E-state index in [9.17, 15) is 19.1 Å². The van der Waals surface area contributed by atoms with E-state index in [4.69, 9.17) is 0 Å². The van der Waals surface area contributed by atoms with Gasteiger partial charge in [-0.1, -0.05) is 48.0 Å². The maximum absolute atomic E-state index is 14.8. The average molecular weight is 422 g/mol. The van der Waals surface area contributed by atoms with Crippen LogP contribution >= 0.6 is 11.3 Å². The highest BCUT2D eigenvalue weighted by atomic mass is 32.1. The van der Waals surface area contributed by atoms with Crippen molar-refractivity contribution in [3.8, 4) is 0 Å². The zero-order valence-corrected chi connectivity index (χ0v) is 17.5. The second-order valence-electron chi connectivity index (χ2n) is 7.19. The lowest BCUT2D eigenvalue weighted by Crippen LogP contribution is -2.29. The van der Waals surface area contributed by atoms with E-state index in [-0.39, 0.29) is 16.9 Å². The molecule has 4 rings (SSSR count). The van der Waals surface area contributed by atoms with Crippen LogP contribution in [0.1, 0.15) is 33.3 Å². The highest BCUT2D eigenvalue weighted by Crippen LogP contribution is 2.44. The van der Waals surface area contributed by atoms with Crippen molar-refractivity contribution in [1.82, 2.24) is 4.98 Å². The largest absolute Gasteiger partial charge is 0.507 e. The number of aliphatic hydroxyl groups excluding tert-OH is 1. The van der Waals surface area contributed by atoms with Crippen LogP contribution in [-0.2, 0) is 9.59 Å². The number of aromatic nitrogens is 1. The van der Waals surface area contributed by atoms with Crippen LogP contribution < -0.4 is 4.90 Å². The van der Waals surface area contributed by atoms with Gasteiger partial charge in [-0.2, -0.15) is 0 Å². The van der Waals surface area contributed by atoms with Crippen molar-refractivity contribution in [3.05, 3.63) is 87.2 Å². The van der Waals surface area contributed by atoms with E-state index < -0.39 is 23.5 Å². The van der Waals surface area contributed by atoms with Crippen molar-refractivity contribution in [1.29, 1.82) is 0 Å². The van der Waals surface area contributed by atoms with Crippen molar-refractivity contribution in [2.24, 2.45) is 0 Å². The molecule has 7 heteroatoms. The van der Waals surface area contributed by atoms with Gasteiger partial charge in [-0.25, -0.2) is 9.37 Å². The van der Waals surface area contributed by atoms with Gasteiger partial charge in [-0.15, -0.1) is 11.3 Å². The number of thiazole rings is 1. The van der Waals surface area contributed by atoms with Gasteiger partial charge in [0, 0.05) is 16.0 Å². The summed E-state index contributed by atoms with van der Waals surface area (Å²) in [7, 11) is 0. The first-order valence-corrected chi connectivity index (χ1v) is 10.2. The van der Waals surface area contributed by atoms with Crippen molar-refractivity contribution in [2.75, 3.05) is 4.90 Å². The molecule has 1 atom stereocenters. The van der Waals surface area contributed by atoms with E-state index in [1.165, 1.54) is 34.4 Å². The van der Waals surface area contributed by atoms with Gasteiger partial charge in [0.1, 0.15) is 17.6 Å². The molecule has 1 aliphatic rings. The predicted molar refractivity (Wildman–Crippen MR) is 114 cm³/mol. The Morgan fingerprint density at radius 1 is 1.07 bits per heavy atom. The number of nitrogens with zero attached hydrogens (tertiary/aromatic N) is 2. The first kappa shape index (κ1) is 20.0. The van der Waals surface area contributed by atoms with E-state index in [1.54, 1.807) is 37.3 Å². The minimum Gasteiger partial charge on any atom is -0.507 e. The second kappa shape index (κ2) is 7.50. The van der Waals surface area contributed by atoms with Gasteiger partial charge in [-0.3, -0.25) is 14.5 Å². The summed E-state index contributed by atoms with van der Waals surface area (Å²) in [4.78, 5) is 32.5. The number of aryl methyl sites for hydroxylation is 3. The third kappa shape index (κ3) is 3.21. The molecule has 0 aliphatic carbocycles. The molecule has 152 valence electrons. The molecule has 2 heterocycles. The number of hydrogen-bond acceptors (Lipinski definition) is 5. The predicted octanol–water partition coefficient (Wildman–Crippen LogP) is 4.83. The fourth-order valence-electron chi connectivity index (χ4n) is 3.45. The molecule has 0 radical (unpaired) electrons. The number of carbonyl (C=O) groups excluding carboxylic acids is 2. The monoisotopic (exact) mass is 422 g/mol. The van der Waals surface area contributed by atoms with Crippen molar-refractivity contribution in [2.45, 2.75) is 26.8 Å². The SMILES string of the molecule is Cc1ccc(C(O)=C2C(=O)C(=O)N(c3nc(C)c(C)s3)[C@@H]2c2ccccc2F)cc1. The van der Waals surface area contributed by atoms with Gasteiger partial charge in [0.15, 0.2) is 5.13 Å². The summed E-state index contributed by atoms with van der Waals surface area (Å²) in [5.74, 6) is -2.62. The quantitative estimate of drug-likeness (QED) is 0.373. The molecule has 1 amide bonds. The van der Waals surface area contributed by atoms with Crippen molar-refractivity contribution < 1.29 is 19.1 Å². The lowest BCUT2D eigenvalue weighted by atomic mass is 9.95. The molecule has 1 N–H and O–H groups in total. The molecule has 1 aromatic heterocycles. The molecule has 2 aromatic carbocycles. The molecule has 1 fully saturated rings. The summed E-state index contributed by atoms with van der Waals surface area (Å²) in [5, 5.41) is 11.3. The summed E-state index contributed by atoms with van der Waals surface area (Å²) >= 11 is 1.25. The van der Waals surface area contributed by atoms with Crippen molar-refractivity contribution in [3.63, 3.8) is 0 Å². The summed E-state index contributed by atoms with van der Waals surface area (Å²) in [6.07, 6.45) is 0. The summed E-state index contributed by atoms with van der Waals surface area (Å²) in [6.45, 7) is 5.56. The van der Waals surface area contributed by atoms with E-state index >= 15 is 0 Å². The molecule has 0 spiro atoms. The van der Waals surface area contributed by atoms with E-state index in [0.717, 1.165) is 16.1 Å². The lowest BCUT2D eigenvalue weighted by Gasteiger charge is -2.23. The average Bonchev–Trinajstić information content (AvgIpc) is 3.18. The van der Waals surface area contributed by atoms with Crippen LogP contribution in [0.2, 0.25) is 0 Å². The Bertz CT molecular complexity index is 1180. The molecule has 30 heavy (non-hydrogen) atoms. The molecule has 1 aliphatic heterocycles. The molecule has 0 unspecified atom stereocenters. The Morgan fingerprint density at radius 3 is 2.33 bits per heavy atom. The van der Waals surface area contributed by atoms with Gasteiger partial charge in [0.25, 0.3) is 5.78 Å². The van der Waals surface area contributed by atoms with Crippen LogP contribution in [0.3, 0.4) is 0 Å². The Morgan fingerprint density at radius 2 is 1.73 bits per heavy atom. The van der Waals surface area contributed by atoms with Gasteiger partial charge in [0.2, 0.25) is 0 Å². The van der Waals surface area contributed by atoms with E-state index in [1.807, 2.05) is 13.8 Å². The normalized spacial score (nSPS) is 18.3. The number of halogens is 1. The first-order valence-electron chi connectivity index (χ1n) is 9.36. The lowest BCUT2D eigenvalue weighted by molar-refractivity contribution is -0.132. The highest BCUT2D eigenvalue weighted by Gasteiger charge is 2.49. The number of anilines is 1. The number of aliphatic hydroxyl groups is 1. The molecule has 3 aromatic rings. The molecular weight excluding hydrogens is 403 g/mol. The number of ketones is 1. The number of hydrogen-bond donors (Lipinski definition) is 1. The molecule has 1 saturated heterocycles. The van der Waals surface area contributed by atoms with Crippen molar-refractivity contribution >= 4 is 33.9 Å². The Kier molecular flexibility index (Phi) is 4.99. The number of Topliss-reactive ketones (excluding diaryl/α,β-unsaturated/α-hetero) is 1. The molecule has 5 nitrogen and oxygen atoms in total. The minimum absolute atomic E-state index is 0.121. The Balaban J connectivity index is 1.97. The van der Waals surface area contributed by atoms with E-state index in [0.29, 0.717) is 10.7 Å². The fraction of sp³-hybridized carbons (Fsp3) is 0.174. The standard InChI is InChI=1S/C23H19FN2O3S/c1-12-8-10-15(11-9-12)20(27)18-19(16-6-4-5-7-17(16)24)26(22(29)21(18)28)23-25-13(2)14(3)30-23/h4-11,19,27H,1-3H3/t19-/m1/s1. The fourth-order valence-corrected chi connectivity index (χ4v) is 4.38. The molecular formula is C23H19FN2O3S. The maximum atomic E-state index is 14.8. The Hall–Kier alpha value is -3.32. The van der Waals surface area contributed by atoms with Crippen LogP contribution in [0.4, 0.5) is 9.52 Å². The maximum Gasteiger partial charge on any atom is 0.301 e. The van der Waals surface area contributed by atoms with Crippen LogP contribution in [0, 0.1) is 26.6 Å². The zero-order chi connectivity index (χ0) is 21.6. The summed E-state index contributed by atoms with van der Waals surface area (Å²) < 4.78 is 14.8. The highest BCUT2D eigenvalue weighted by molar-refractivity contribution is 7.16. The number of amides is 1. The number of benzene rings is 2. The van der Waals surface area contributed by atoms with Crippen LogP contribution in [-0.4, -0.2) is 21.8 Å². The Labute approximate surface area is 177 Å². The smallest absolute Gasteiger partial charge is 0.301 e. The third-order valence-electron chi connectivity index (χ3n) is 5.19.